The van der Waals surface area contributed by atoms with Gasteiger partial charge in [0.05, 0.1) is 11.0 Å². The maximum atomic E-state index is 12.0. The summed E-state index contributed by atoms with van der Waals surface area (Å²) in [7, 11) is 0. The van der Waals surface area contributed by atoms with Crippen LogP contribution in [-0.4, -0.2) is 23.7 Å². The molecule has 18 heavy (non-hydrogen) atoms. The van der Waals surface area contributed by atoms with E-state index in [2.05, 4.69) is 19.2 Å². The maximum absolute atomic E-state index is 12.0. The van der Waals surface area contributed by atoms with E-state index in [1.54, 1.807) is 11.3 Å². The molecule has 0 aromatic carbocycles. The van der Waals surface area contributed by atoms with Gasteiger partial charge in [0.25, 0.3) is 5.91 Å². The molecule has 2 N–H and O–H groups in total. The average Bonchev–Trinajstić information content (AvgIpc) is 2.92. The molecule has 1 amide bonds. The van der Waals surface area contributed by atoms with Gasteiger partial charge in [-0.05, 0) is 50.2 Å². The van der Waals surface area contributed by atoms with Gasteiger partial charge in [0.15, 0.2) is 0 Å². The van der Waals surface area contributed by atoms with Gasteiger partial charge in [-0.1, -0.05) is 6.92 Å². The Bertz CT molecular complexity index is 427. The second-order valence-corrected chi connectivity index (χ2v) is 6.25. The minimum absolute atomic E-state index is 0.0317. The largest absolute Gasteiger partial charge is 0.393 e. The van der Waals surface area contributed by atoms with Crippen LogP contribution in [0.1, 0.15) is 46.3 Å². The van der Waals surface area contributed by atoms with Crippen LogP contribution in [-0.2, 0) is 6.42 Å². The fourth-order valence-electron chi connectivity index (χ4n) is 2.54. The number of aliphatic hydroxyl groups excluding tert-OH is 1. The molecule has 1 aromatic rings. The second kappa shape index (κ2) is 5.85. The quantitative estimate of drug-likeness (QED) is 0.880. The Labute approximate surface area is 112 Å². The third-order valence-corrected chi connectivity index (χ3v) is 5.01. The lowest BCUT2D eigenvalue weighted by atomic mass is 10.1. The Morgan fingerprint density at radius 1 is 1.56 bits per heavy atom. The molecule has 0 aliphatic heterocycles. The van der Waals surface area contributed by atoms with Crippen molar-refractivity contribution >= 4 is 17.2 Å². The van der Waals surface area contributed by atoms with Crippen molar-refractivity contribution in [1.29, 1.82) is 0 Å². The third-order valence-electron chi connectivity index (χ3n) is 3.63. The summed E-state index contributed by atoms with van der Waals surface area (Å²) < 4.78 is 0. The second-order valence-electron chi connectivity index (χ2n) is 5.11. The van der Waals surface area contributed by atoms with E-state index in [0.717, 1.165) is 30.6 Å². The molecule has 3 nitrogen and oxygen atoms in total. The lowest BCUT2D eigenvalue weighted by Gasteiger charge is -2.09. The predicted octanol–water partition coefficient (Wildman–Crippen LogP) is 2.51. The number of nitrogens with one attached hydrogen (secondary N) is 1. The minimum Gasteiger partial charge on any atom is -0.393 e. The van der Waals surface area contributed by atoms with Crippen molar-refractivity contribution < 1.29 is 9.90 Å². The van der Waals surface area contributed by atoms with Crippen molar-refractivity contribution in [2.45, 2.75) is 45.6 Å². The number of amides is 1. The number of thiophene rings is 1. The number of hydrogen-bond acceptors (Lipinski definition) is 3. The summed E-state index contributed by atoms with van der Waals surface area (Å²) in [5, 5.41) is 12.4. The van der Waals surface area contributed by atoms with Crippen molar-refractivity contribution in [3.05, 3.63) is 21.4 Å². The molecule has 1 fully saturated rings. The van der Waals surface area contributed by atoms with E-state index in [1.165, 1.54) is 10.4 Å². The average molecular weight is 267 g/mol. The van der Waals surface area contributed by atoms with Crippen LogP contribution >= 0.6 is 11.3 Å². The van der Waals surface area contributed by atoms with Gasteiger partial charge in [0, 0.05) is 11.4 Å². The summed E-state index contributed by atoms with van der Waals surface area (Å²) in [6, 6.07) is 1.97. The molecule has 1 saturated carbocycles. The van der Waals surface area contributed by atoms with Gasteiger partial charge in [0.2, 0.25) is 0 Å². The molecule has 4 heteroatoms. The molecule has 2 atom stereocenters. The zero-order valence-electron chi connectivity index (χ0n) is 11.0. The van der Waals surface area contributed by atoms with Crippen LogP contribution in [0.2, 0.25) is 0 Å². The van der Waals surface area contributed by atoms with Gasteiger partial charge in [-0.25, -0.2) is 0 Å². The third kappa shape index (κ3) is 3.12. The Morgan fingerprint density at radius 2 is 2.33 bits per heavy atom. The first-order valence-corrected chi connectivity index (χ1v) is 7.47. The summed E-state index contributed by atoms with van der Waals surface area (Å²) in [6.07, 6.45) is 3.54. The SMILES string of the molecule is CCc1sc(C(=O)NCC2CCC(O)C2)cc1C. The van der Waals surface area contributed by atoms with Crippen LogP contribution in [0.25, 0.3) is 0 Å². The lowest BCUT2D eigenvalue weighted by Crippen LogP contribution is -2.28. The smallest absolute Gasteiger partial charge is 0.261 e. The fraction of sp³-hybridized carbons (Fsp3) is 0.643. The monoisotopic (exact) mass is 267 g/mol. The molecule has 2 unspecified atom stereocenters. The summed E-state index contributed by atoms with van der Waals surface area (Å²) >= 11 is 1.59. The van der Waals surface area contributed by atoms with Gasteiger partial charge in [-0.2, -0.15) is 0 Å². The van der Waals surface area contributed by atoms with E-state index in [4.69, 9.17) is 0 Å². The van der Waals surface area contributed by atoms with Gasteiger partial charge in [-0.15, -0.1) is 11.3 Å². The van der Waals surface area contributed by atoms with Gasteiger partial charge in [0.1, 0.15) is 0 Å². The van der Waals surface area contributed by atoms with Crippen LogP contribution in [0.5, 0.6) is 0 Å². The predicted molar refractivity (Wildman–Crippen MR) is 74.1 cm³/mol. The maximum Gasteiger partial charge on any atom is 0.261 e. The molecule has 0 saturated heterocycles. The summed E-state index contributed by atoms with van der Waals surface area (Å²) in [4.78, 5) is 14.1. The number of carbonyl (C=O) groups is 1. The Balaban J connectivity index is 1.87. The number of rotatable bonds is 4. The zero-order chi connectivity index (χ0) is 13.1. The molecule has 0 radical (unpaired) electrons. The lowest BCUT2D eigenvalue weighted by molar-refractivity contribution is 0.0949. The molecule has 1 aliphatic carbocycles. The van der Waals surface area contributed by atoms with Crippen LogP contribution in [0.15, 0.2) is 6.07 Å². The van der Waals surface area contributed by atoms with Gasteiger partial charge in [-0.3, -0.25) is 4.79 Å². The van der Waals surface area contributed by atoms with E-state index in [1.807, 2.05) is 6.07 Å². The molecule has 2 rings (SSSR count). The highest BCUT2D eigenvalue weighted by atomic mass is 32.1. The van der Waals surface area contributed by atoms with Crippen molar-refractivity contribution in [3.63, 3.8) is 0 Å². The summed E-state index contributed by atoms with van der Waals surface area (Å²) in [5.41, 5.74) is 1.21. The van der Waals surface area contributed by atoms with Crippen LogP contribution in [0, 0.1) is 12.8 Å². The Morgan fingerprint density at radius 3 is 2.89 bits per heavy atom. The first-order valence-electron chi connectivity index (χ1n) is 6.65. The molecule has 1 aliphatic rings. The highest BCUT2D eigenvalue weighted by Crippen LogP contribution is 2.25. The van der Waals surface area contributed by atoms with E-state index < -0.39 is 0 Å². The normalized spacial score (nSPS) is 23.3. The van der Waals surface area contributed by atoms with Gasteiger partial charge < -0.3 is 10.4 Å². The first-order chi connectivity index (χ1) is 8.60. The number of aryl methyl sites for hydroxylation is 2. The molecule has 1 heterocycles. The van der Waals surface area contributed by atoms with Crippen molar-refractivity contribution in [2.24, 2.45) is 5.92 Å². The van der Waals surface area contributed by atoms with E-state index in [9.17, 15) is 9.90 Å². The van der Waals surface area contributed by atoms with Crippen molar-refractivity contribution in [3.8, 4) is 0 Å². The van der Waals surface area contributed by atoms with Gasteiger partial charge >= 0.3 is 0 Å². The summed E-state index contributed by atoms with van der Waals surface area (Å²) in [6.45, 7) is 4.86. The molecule has 0 spiro atoms. The molecular weight excluding hydrogens is 246 g/mol. The number of aliphatic hydroxyl groups is 1. The molecule has 1 aromatic heterocycles. The van der Waals surface area contributed by atoms with E-state index >= 15 is 0 Å². The molecular formula is C14H21NO2S. The highest BCUT2D eigenvalue weighted by molar-refractivity contribution is 7.14. The van der Waals surface area contributed by atoms with Crippen molar-refractivity contribution in [1.82, 2.24) is 5.32 Å². The Kier molecular flexibility index (Phi) is 4.40. The van der Waals surface area contributed by atoms with E-state index in [-0.39, 0.29) is 12.0 Å². The van der Waals surface area contributed by atoms with Crippen molar-refractivity contribution in [2.75, 3.05) is 6.54 Å². The topological polar surface area (TPSA) is 49.3 Å². The fourth-order valence-corrected chi connectivity index (χ4v) is 3.57. The number of hydrogen-bond donors (Lipinski definition) is 2. The van der Waals surface area contributed by atoms with E-state index in [0.29, 0.717) is 12.5 Å². The van der Waals surface area contributed by atoms with Crippen LogP contribution in [0.3, 0.4) is 0 Å². The molecule has 0 bridgehead atoms. The highest BCUT2D eigenvalue weighted by Gasteiger charge is 2.23. The van der Waals surface area contributed by atoms with Crippen LogP contribution < -0.4 is 5.32 Å². The zero-order valence-corrected chi connectivity index (χ0v) is 11.8. The Hall–Kier alpha value is -0.870. The molecule has 100 valence electrons. The standard InChI is InChI=1S/C14H21NO2S/c1-3-12-9(2)6-13(18-12)14(17)15-8-10-4-5-11(16)7-10/h6,10-11,16H,3-5,7-8H2,1-2H3,(H,15,17). The number of carbonyl (C=O) groups excluding carboxylic acids is 1. The van der Waals surface area contributed by atoms with Crippen LogP contribution in [0.4, 0.5) is 0 Å². The first kappa shape index (κ1) is 13.6. The minimum atomic E-state index is -0.164. The summed E-state index contributed by atoms with van der Waals surface area (Å²) in [5.74, 6) is 0.472.